The number of carbonyl (C=O) groups is 4. The molecule has 0 saturated carbocycles. The number of carbonyl (C=O) groups excluding carboxylic acids is 4. The zero-order chi connectivity index (χ0) is 22.1. The van der Waals surface area contributed by atoms with E-state index in [1.165, 1.54) is 54.6 Å². The molecular weight excluding hydrogens is 424 g/mol. The molecule has 2 heterocycles. The average Bonchev–Trinajstić information content (AvgIpc) is 3.21. The predicted molar refractivity (Wildman–Crippen MR) is 109 cm³/mol. The normalized spacial score (nSPS) is 15.3. The summed E-state index contributed by atoms with van der Waals surface area (Å²) in [5.41, 5.74) is 0.389. The minimum absolute atomic E-state index is 0.0206. The predicted octanol–water partition coefficient (Wildman–Crippen LogP) is 2.63. The summed E-state index contributed by atoms with van der Waals surface area (Å²) in [6.07, 6.45) is 1.21. The van der Waals surface area contributed by atoms with Gasteiger partial charge < -0.3 is 14.3 Å². The van der Waals surface area contributed by atoms with Crippen LogP contribution in [0.5, 0.6) is 0 Å². The molecule has 1 saturated heterocycles. The number of halogens is 1. The van der Waals surface area contributed by atoms with E-state index in [4.69, 9.17) is 16.0 Å². The van der Waals surface area contributed by atoms with E-state index < -0.39 is 23.8 Å². The Morgan fingerprint density at radius 3 is 2.48 bits per heavy atom. The number of rotatable bonds is 4. The zero-order valence-corrected chi connectivity index (χ0v) is 16.4. The molecule has 0 spiro atoms. The molecule has 4 amide bonds. The number of imide groups is 2. The molecule has 0 unspecified atom stereocenters. The van der Waals surface area contributed by atoms with Crippen LogP contribution < -0.4 is 15.3 Å². The SMILES string of the molecule is O=C1NC(=O)N(c2ccc(Cl)cc2)C(=O)/C1=C/c1ccc(-c2cccc(C(=O)[O-])c2)o1. The first-order valence-corrected chi connectivity index (χ1v) is 9.30. The van der Waals surface area contributed by atoms with Gasteiger partial charge in [-0.25, -0.2) is 9.69 Å². The third kappa shape index (κ3) is 3.96. The van der Waals surface area contributed by atoms with Gasteiger partial charge in [0.25, 0.3) is 11.8 Å². The van der Waals surface area contributed by atoms with Crippen LogP contribution in [-0.2, 0) is 9.59 Å². The summed E-state index contributed by atoms with van der Waals surface area (Å²) in [6, 6.07) is 14.1. The molecule has 1 fully saturated rings. The number of barbiturate groups is 1. The Kier molecular flexibility index (Phi) is 5.14. The second-order valence-corrected chi connectivity index (χ2v) is 6.94. The third-order valence-corrected chi connectivity index (χ3v) is 4.73. The molecular formula is C22H12ClN2O6-. The number of carboxylic acids is 1. The maximum absolute atomic E-state index is 12.9. The van der Waals surface area contributed by atoms with Crippen molar-refractivity contribution in [1.29, 1.82) is 0 Å². The second-order valence-electron chi connectivity index (χ2n) is 6.50. The van der Waals surface area contributed by atoms with Gasteiger partial charge in [0.1, 0.15) is 17.1 Å². The molecule has 1 N–H and O–H groups in total. The van der Waals surface area contributed by atoms with Crippen LogP contribution in [0.15, 0.2) is 70.7 Å². The minimum Gasteiger partial charge on any atom is -0.545 e. The summed E-state index contributed by atoms with van der Waals surface area (Å²) in [7, 11) is 0. The van der Waals surface area contributed by atoms with Gasteiger partial charge in [0.2, 0.25) is 0 Å². The number of carboxylic acid groups (broad SMARTS) is 1. The molecule has 1 aliphatic rings. The van der Waals surface area contributed by atoms with Gasteiger partial charge in [-0.2, -0.15) is 0 Å². The van der Waals surface area contributed by atoms with Gasteiger partial charge >= 0.3 is 6.03 Å². The first-order chi connectivity index (χ1) is 14.8. The summed E-state index contributed by atoms with van der Waals surface area (Å²) in [5.74, 6) is -2.53. The molecule has 0 bridgehead atoms. The summed E-state index contributed by atoms with van der Waals surface area (Å²) in [4.78, 5) is 49.2. The van der Waals surface area contributed by atoms with Crippen molar-refractivity contribution >= 4 is 47.2 Å². The van der Waals surface area contributed by atoms with Crippen molar-refractivity contribution < 1.29 is 28.7 Å². The fourth-order valence-corrected chi connectivity index (χ4v) is 3.14. The molecule has 0 aliphatic carbocycles. The van der Waals surface area contributed by atoms with Crippen molar-refractivity contribution in [3.05, 3.63) is 82.6 Å². The van der Waals surface area contributed by atoms with Crippen molar-refractivity contribution in [1.82, 2.24) is 5.32 Å². The highest BCUT2D eigenvalue weighted by molar-refractivity contribution is 6.39. The average molecular weight is 436 g/mol. The number of hydrogen-bond acceptors (Lipinski definition) is 6. The van der Waals surface area contributed by atoms with Gasteiger partial charge in [-0.05, 0) is 54.1 Å². The van der Waals surface area contributed by atoms with Crippen LogP contribution in [-0.4, -0.2) is 23.8 Å². The van der Waals surface area contributed by atoms with Gasteiger partial charge in [-0.3, -0.25) is 14.9 Å². The largest absolute Gasteiger partial charge is 0.545 e. The number of furan rings is 1. The van der Waals surface area contributed by atoms with Crippen LogP contribution in [0, 0.1) is 0 Å². The fourth-order valence-electron chi connectivity index (χ4n) is 3.01. The third-order valence-electron chi connectivity index (χ3n) is 4.48. The summed E-state index contributed by atoms with van der Waals surface area (Å²) in [5, 5.41) is 13.6. The van der Waals surface area contributed by atoms with Gasteiger partial charge in [0.05, 0.1) is 11.7 Å². The van der Waals surface area contributed by atoms with Crippen molar-refractivity contribution in [2.24, 2.45) is 0 Å². The molecule has 31 heavy (non-hydrogen) atoms. The number of benzene rings is 2. The Labute approximate surface area is 180 Å². The van der Waals surface area contributed by atoms with E-state index in [1.807, 2.05) is 0 Å². The van der Waals surface area contributed by atoms with Gasteiger partial charge in [-0.1, -0.05) is 29.8 Å². The molecule has 1 aliphatic heterocycles. The monoisotopic (exact) mass is 435 g/mol. The first-order valence-electron chi connectivity index (χ1n) is 8.92. The number of nitrogens with one attached hydrogen (secondary N) is 1. The molecule has 4 rings (SSSR count). The highest BCUT2D eigenvalue weighted by Crippen LogP contribution is 2.27. The number of nitrogens with zero attached hydrogens (tertiary/aromatic N) is 1. The second kappa shape index (κ2) is 7.92. The van der Waals surface area contributed by atoms with Crippen LogP contribution in [0.3, 0.4) is 0 Å². The van der Waals surface area contributed by atoms with E-state index in [1.54, 1.807) is 12.1 Å². The molecule has 0 atom stereocenters. The van der Waals surface area contributed by atoms with E-state index in [0.717, 1.165) is 4.90 Å². The van der Waals surface area contributed by atoms with Gasteiger partial charge in [0.15, 0.2) is 0 Å². The first kappa shape index (κ1) is 20.1. The summed E-state index contributed by atoms with van der Waals surface area (Å²) in [6.45, 7) is 0. The zero-order valence-electron chi connectivity index (χ0n) is 15.6. The molecule has 154 valence electrons. The molecule has 2 aromatic carbocycles. The van der Waals surface area contributed by atoms with Crippen molar-refractivity contribution in [2.45, 2.75) is 0 Å². The van der Waals surface area contributed by atoms with Crippen molar-refractivity contribution in [2.75, 3.05) is 4.90 Å². The Morgan fingerprint density at radius 2 is 1.77 bits per heavy atom. The molecule has 8 nitrogen and oxygen atoms in total. The Balaban J connectivity index is 1.66. The lowest BCUT2D eigenvalue weighted by Gasteiger charge is -2.26. The number of urea groups is 1. The van der Waals surface area contributed by atoms with E-state index in [9.17, 15) is 24.3 Å². The van der Waals surface area contributed by atoms with Crippen LogP contribution in [0.25, 0.3) is 17.4 Å². The summed E-state index contributed by atoms with van der Waals surface area (Å²) >= 11 is 5.84. The smallest absolute Gasteiger partial charge is 0.335 e. The van der Waals surface area contributed by atoms with Crippen molar-refractivity contribution in [3.8, 4) is 11.3 Å². The van der Waals surface area contributed by atoms with Crippen LogP contribution in [0.2, 0.25) is 5.02 Å². The molecule has 3 aromatic rings. The molecule has 1 aromatic heterocycles. The minimum atomic E-state index is -1.33. The highest BCUT2D eigenvalue weighted by atomic mass is 35.5. The van der Waals surface area contributed by atoms with E-state index >= 15 is 0 Å². The number of aromatic carboxylic acids is 1. The lowest BCUT2D eigenvalue weighted by molar-refractivity contribution is -0.255. The fraction of sp³-hybridized carbons (Fsp3) is 0. The quantitative estimate of drug-likeness (QED) is 0.497. The lowest BCUT2D eigenvalue weighted by Crippen LogP contribution is -2.54. The molecule has 0 radical (unpaired) electrons. The molecule has 9 heteroatoms. The number of anilines is 1. The lowest BCUT2D eigenvalue weighted by atomic mass is 10.1. The standard InChI is InChI=1S/C22H13ClN2O6/c23-14-4-6-15(7-5-14)25-20(27)17(19(26)24-22(25)30)11-16-8-9-18(31-16)12-2-1-3-13(10-12)21(28)29/h1-11H,(H,28,29)(H,24,26,30)/p-1/b17-11+. The van der Waals surface area contributed by atoms with Gasteiger partial charge in [0, 0.05) is 10.6 Å². The number of hydrogen-bond donors (Lipinski definition) is 1. The maximum Gasteiger partial charge on any atom is 0.335 e. The maximum atomic E-state index is 12.9. The van der Waals surface area contributed by atoms with Crippen LogP contribution >= 0.6 is 11.6 Å². The van der Waals surface area contributed by atoms with E-state index in [2.05, 4.69) is 5.32 Å². The Bertz CT molecular complexity index is 1260. The van der Waals surface area contributed by atoms with Gasteiger partial charge in [-0.15, -0.1) is 0 Å². The van der Waals surface area contributed by atoms with Crippen molar-refractivity contribution in [3.63, 3.8) is 0 Å². The number of amides is 4. The van der Waals surface area contributed by atoms with Crippen LogP contribution in [0.1, 0.15) is 16.1 Å². The topological polar surface area (TPSA) is 120 Å². The Hall–Kier alpha value is -4.17. The summed E-state index contributed by atoms with van der Waals surface area (Å²) < 4.78 is 5.64. The Morgan fingerprint density at radius 1 is 1.03 bits per heavy atom. The highest BCUT2D eigenvalue weighted by Gasteiger charge is 2.37. The van der Waals surface area contributed by atoms with Crippen LogP contribution in [0.4, 0.5) is 10.5 Å². The van der Waals surface area contributed by atoms with E-state index in [0.29, 0.717) is 16.3 Å². The van der Waals surface area contributed by atoms with E-state index in [-0.39, 0.29) is 22.6 Å².